The molecule has 0 unspecified atom stereocenters. The van der Waals surface area contributed by atoms with Gasteiger partial charge in [-0.25, -0.2) is 4.39 Å². The summed E-state index contributed by atoms with van der Waals surface area (Å²) >= 11 is 3.15. The lowest BCUT2D eigenvalue weighted by Crippen LogP contribution is -2.19. The number of rotatable bonds is 6. The number of ether oxygens (including phenoxy) is 1. The molecule has 15 heavy (non-hydrogen) atoms. The van der Waals surface area contributed by atoms with E-state index in [4.69, 9.17) is 4.74 Å². The largest absolute Gasteiger partial charge is 0.380 e. The Balaban J connectivity index is 2.28. The van der Waals surface area contributed by atoms with Gasteiger partial charge in [0.15, 0.2) is 0 Å². The Bertz CT molecular complexity index is 307. The SMILES string of the molecule is CCOCCNCc1ccc(F)c(Br)c1. The van der Waals surface area contributed by atoms with Crippen LogP contribution in [0.5, 0.6) is 0 Å². The summed E-state index contributed by atoms with van der Waals surface area (Å²) in [5, 5.41) is 3.21. The summed E-state index contributed by atoms with van der Waals surface area (Å²) in [7, 11) is 0. The summed E-state index contributed by atoms with van der Waals surface area (Å²) in [6.45, 7) is 4.95. The first-order valence-electron chi connectivity index (χ1n) is 4.96. The van der Waals surface area contributed by atoms with Crippen molar-refractivity contribution in [2.75, 3.05) is 19.8 Å². The molecule has 84 valence electrons. The van der Waals surface area contributed by atoms with Crippen molar-refractivity contribution in [3.05, 3.63) is 34.1 Å². The van der Waals surface area contributed by atoms with E-state index in [1.807, 2.05) is 6.92 Å². The fourth-order valence-corrected chi connectivity index (χ4v) is 1.60. The van der Waals surface area contributed by atoms with E-state index < -0.39 is 0 Å². The van der Waals surface area contributed by atoms with E-state index in [2.05, 4.69) is 21.2 Å². The zero-order chi connectivity index (χ0) is 11.1. The van der Waals surface area contributed by atoms with Crippen LogP contribution in [0.2, 0.25) is 0 Å². The molecule has 0 aliphatic heterocycles. The molecule has 0 aliphatic rings. The van der Waals surface area contributed by atoms with Gasteiger partial charge in [0.05, 0.1) is 11.1 Å². The number of hydrogen-bond acceptors (Lipinski definition) is 2. The molecule has 0 heterocycles. The monoisotopic (exact) mass is 275 g/mol. The molecule has 0 aliphatic carbocycles. The fraction of sp³-hybridized carbons (Fsp3) is 0.455. The second kappa shape index (κ2) is 6.93. The highest BCUT2D eigenvalue weighted by Gasteiger charge is 1.99. The molecule has 1 aromatic rings. The maximum Gasteiger partial charge on any atom is 0.137 e. The van der Waals surface area contributed by atoms with Crippen LogP contribution in [0.25, 0.3) is 0 Å². The first kappa shape index (κ1) is 12.6. The van der Waals surface area contributed by atoms with Crippen LogP contribution in [0.1, 0.15) is 12.5 Å². The average Bonchev–Trinajstić information content (AvgIpc) is 2.23. The number of hydrogen-bond donors (Lipinski definition) is 1. The Labute approximate surface area is 98.0 Å². The molecule has 1 N–H and O–H groups in total. The minimum Gasteiger partial charge on any atom is -0.380 e. The molecule has 0 aromatic heterocycles. The van der Waals surface area contributed by atoms with Gasteiger partial charge in [-0.3, -0.25) is 0 Å². The van der Waals surface area contributed by atoms with Crippen LogP contribution in [0.4, 0.5) is 4.39 Å². The van der Waals surface area contributed by atoms with Gasteiger partial charge in [0.1, 0.15) is 5.82 Å². The number of nitrogens with one attached hydrogen (secondary N) is 1. The molecule has 0 radical (unpaired) electrons. The lowest BCUT2D eigenvalue weighted by atomic mass is 10.2. The third kappa shape index (κ3) is 4.73. The standard InChI is InChI=1S/C11H15BrFNO/c1-2-15-6-5-14-8-9-3-4-11(13)10(12)7-9/h3-4,7,14H,2,5-6,8H2,1H3. The molecule has 0 saturated carbocycles. The van der Waals surface area contributed by atoms with Crippen LogP contribution in [-0.4, -0.2) is 19.8 Å². The fourth-order valence-electron chi connectivity index (χ4n) is 1.17. The van der Waals surface area contributed by atoms with E-state index in [9.17, 15) is 4.39 Å². The highest BCUT2D eigenvalue weighted by Crippen LogP contribution is 2.16. The van der Waals surface area contributed by atoms with Gasteiger partial charge in [0, 0.05) is 19.7 Å². The summed E-state index contributed by atoms with van der Waals surface area (Å²) in [5.74, 6) is -0.229. The molecule has 0 amide bonds. The quantitative estimate of drug-likeness (QED) is 0.807. The summed E-state index contributed by atoms with van der Waals surface area (Å²) < 4.78 is 18.6. The molecule has 0 fully saturated rings. The van der Waals surface area contributed by atoms with Gasteiger partial charge in [0.2, 0.25) is 0 Å². The third-order valence-corrected chi connectivity index (χ3v) is 2.55. The van der Waals surface area contributed by atoms with Crippen molar-refractivity contribution in [2.24, 2.45) is 0 Å². The van der Waals surface area contributed by atoms with Crippen molar-refractivity contribution in [2.45, 2.75) is 13.5 Å². The number of benzene rings is 1. The van der Waals surface area contributed by atoms with E-state index in [1.54, 1.807) is 12.1 Å². The van der Waals surface area contributed by atoms with Crippen molar-refractivity contribution in [3.8, 4) is 0 Å². The molecule has 1 aromatic carbocycles. The van der Waals surface area contributed by atoms with Gasteiger partial charge in [0.25, 0.3) is 0 Å². The molecule has 0 saturated heterocycles. The molecule has 0 atom stereocenters. The molecular formula is C11H15BrFNO. The van der Waals surface area contributed by atoms with Crippen LogP contribution < -0.4 is 5.32 Å². The lowest BCUT2D eigenvalue weighted by Gasteiger charge is -2.05. The van der Waals surface area contributed by atoms with E-state index in [-0.39, 0.29) is 5.82 Å². The summed E-state index contributed by atoms with van der Waals surface area (Å²) in [5.41, 5.74) is 1.06. The van der Waals surface area contributed by atoms with E-state index in [0.717, 1.165) is 25.3 Å². The highest BCUT2D eigenvalue weighted by atomic mass is 79.9. The molecule has 2 nitrogen and oxygen atoms in total. The van der Waals surface area contributed by atoms with Crippen LogP contribution >= 0.6 is 15.9 Å². The molecule has 0 bridgehead atoms. The van der Waals surface area contributed by atoms with Gasteiger partial charge in [-0.1, -0.05) is 6.07 Å². The van der Waals surface area contributed by atoms with Crippen LogP contribution in [0.15, 0.2) is 22.7 Å². The molecular weight excluding hydrogens is 261 g/mol. The Morgan fingerprint density at radius 1 is 1.47 bits per heavy atom. The van der Waals surface area contributed by atoms with Gasteiger partial charge in [-0.05, 0) is 40.5 Å². The van der Waals surface area contributed by atoms with Gasteiger partial charge >= 0.3 is 0 Å². The predicted molar refractivity (Wildman–Crippen MR) is 62.3 cm³/mol. The summed E-state index contributed by atoms with van der Waals surface area (Å²) in [4.78, 5) is 0. The second-order valence-corrected chi connectivity index (χ2v) is 3.98. The zero-order valence-corrected chi connectivity index (χ0v) is 10.3. The van der Waals surface area contributed by atoms with Crippen molar-refractivity contribution in [1.82, 2.24) is 5.32 Å². The Morgan fingerprint density at radius 2 is 2.27 bits per heavy atom. The number of halogens is 2. The van der Waals surface area contributed by atoms with E-state index in [1.165, 1.54) is 6.07 Å². The Morgan fingerprint density at radius 3 is 2.93 bits per heavy atom. The topological polar surface area (TPSA) is 21.3 Å². The van der Waals surface area contributed by atoms with Crippen LogP contribution in [0, 0.1) is 5.82 Å². The van der Waals surface area contributed by atoms with Crippen molar-refractivity contribution in [1.29, 1.82) is 0 Å². The van der Waals surface area contributed by atoms with E-state index >= 15 is 0 Å². The third-order valence-electron chi connectivity index (χ3n) is 1.94. The van der Waals surface area contributed by atoms with E-state index in [0.29, 0.717) is 11.1 Å². The Kier molecular flexibility index (Phi) is 5.83. The maximum absolute atomic E-state index is 12.9. The molecule has 0 spiro atoms. The summed E-state index contributed by atoms with van der Waals surface area (Å²) in [6, 6.07) is 5.01. The van der Waals surface area contributed by atoms with Crippen LogP contribution in [-0.2, 0) is 11.3 Å². The first-order valence-corrected chi connectivity index (χ1v) is 5.75. The minimum absolute atomic E-state index is 0.229. The minimum atomic E-state index is -0.229. The first-order chi connectivity index (χ1) is 7.24. The van der Waals surface area contributed by atoms with Gasteiger partial charge in [-0.2, -0.15) is 0 Å². The van der Waals surface area contributed by atoms with Gasteiger partial charge < -0.3 is 10.1 Å². The average molecular weight is 276 g/mol. The van der Waals surface area contributed by atoms with Crippen LogP contribution in [0.3, 0.4) is 0 Å². The Hall–Kier alpha value is -0.450. The van der Waals surface area contributed by atoms with Crippen molar-refractivity contribution >= 4 is 15.9 Å². The molecule has 4 heteroatoms. The maximum atomic E-state index is 12.9. The van der Waals surface area contributed by atoms with Crippen molar-refractivity contribution in [3.63, 3.8) is 0 Å². The van der Waals surface area contributed by atoms with Crippen molar-refractivity contribution < 1.29 is 9.13 Å². The highest BCUT2D eigenvalue weighted by molar-refractivity contribution is 9.10. The summed E-state index contributed by atoms with van der Waals surface area (Å²) in [6.07, 6.45) is 0. The normalized spacial score (nSPS) is 10.6. The smallest absolute Gasteiger partial charge is 0.137 e. The van der Waals surface area contributed by atoms with Gasteiger partial charge in [-0.15, -0.1) is 0 Å². The molecule has 1 rings (SSSR count). The lowest BCUT2D eigenvalue weighted by molar-refractivity contribution is 0.149. The second-order valence-electron chi connectivity index (χ2n) is 3.12. The predicted octanol–water partition coefficient (Wildman–Crippen LogP) is 2.71. The zero-order valence-electron chi connectivity index (χ0n) is 8.72.